The molecule has 0 atom stereocenters. The first-order valence-electron chi connectivity index (χ1n) is 6.27. The van der Waals surface area contributed by atoms with E-state index in [1.807, 2.05) is 6.07 Å². The van der Waals surface area contributed by atoms with Crippen molar-refractivity contribution >= 4 is 33.4 Å². The van der Waals surface area contributed by atoms with Gasteiger partial charge in [-0.1, -0.05) is 30.3 Å². The van der Waals surface area contributed by atoms with Crippen LogP contribution in [0.5, 0.6) is 0 Å². The summed E-state index contributed by atoms with van der Waals surface area (Å²) in [6, 6.07) is 10.4. The van der Waals surface area contributed by atoms with Gasteiger partial charge in [0.25, 0.3) is 0 Å². The molecule has 3 nitrogen and oxygen atoms in total. The van der Waals surface area contributed by atoms with Gasteiger partial charge in [-0.05, 0) is 7.05 Å². The molecular formula is C14H18BrN3S. The predicted octanol–water partition coefficient (Wildman–Crippen LogP) is 3.14. The minimum absolute atomic E-state index is 0. The number of piperazine rings is 1. The zero-order valence-electron chi connectivity index (χ0n) is 11.0. The molecule has 0 unspecified atom stereocenters. The fourth-order valence-corrected chi connectivity index (χ4v) is 3.04. The summed E-state index contributed by atoms with van der Waals surface area (Å²) < 4.78 is 0. The second-order valence-corrected chi connectivity index (χ2v) is 5.51. The van der Waals surface area contributed by atoms with Gasteiger partial charge in [-0.15, -0.1) is 28.3 Å². The number of benzene rings is 1. The van der Waals surface area contributed by atoms with E-state index in [-0.39, 0.29) is 17.0 Å². The Morgan fingerprint density at radius 1 is 1.05 bits per heavy atom. The van der Waals surface area contributed by atoms with Gasteiger partial charge in [-0.25, -0.2) is 4.98 Å². The monoisotopic (exact) mass is 339 g/mol. The summed E-state index contributed by atoms with van der Waals surface area (Å²) in [4.78, 5) is 9.50. The van der Waals surface area contributed by atoms with Crippen LogP contribution in [0.25, 0.3) is 11.3 Å². The lowest BCUT2D eigenvalue weighted by Gasteiger charge is -2.32. The molecule has 0 bridgehead atoms. The van der Waals surface area contributed by atoms with Crippen LogP contribution in [0.3, 0.4) is 0 Å². The molecule has 0 N–H and O–H groups in total. The molecule has 0 radical (unpaired) electrons. The summed E-state index contributed by atoms with van der Waals surface area (Å²) >= 11 is 1.75. The van der Waals surface area contributed by atoms with E-state index in [1.165, 1.54) is 5.56 Å². The summed E-state index contributed by atoms with van der Waals surface area (Å²) in [5.74, 6) is 0. The van der Waals surface area contributed by atoms with Crippen molar-refractivity contribution in [3.8, 4) is 11.3 Å². The van der Waals surface area contributed by atoms with Crippen LogP contribution in [0.4, 0.5) is 5.13 Å². The van der Waals surface area contributed by atoms with E-state index >= 15 is 0 Å². The van der Waals surface area contributed by atoms with Crippen molar-refractivity contribution in [2.24, 2.45) is 0 Å². The minimum Gasteiger partial charge on any atom is -0.346 e. The molecule has 0 spiro atoms. The fraction of sp³-hybridized carbons (Fsp3) is 0.357. The standard InChI is InChI=1S/C14H17N3S.BrH/c1-16-7-9-17(10-8-16)14-15-13(11-18-14)12-5-3-2-4-6-12;/h2-6,11H,7-10H2,1H3;1H. The second-order valence-electron chi connectivity index (χ2n) is 4.67. The van der Waals surface area contributed by atoms with Gasteiger partial charge in [0.2, 0.25) is 0 Å². The van der Waals surface area contributed by atoms with Gasteiger partial charge in [-0.3, -0.25) is 0 Å². The largest absolute Gasteiger partial charge is 0.346 e. The number of thiazole rings is 1. The number of nitrogens with zero attached hydrogens (tertiary/aromatic N) is 3. The van der Waals surface area contributed by atoms with Gasteiger partial charge in [0.1, 0.15) is 0 Å². The number of hydrogen-bond acceptors (Lipinski definition) is 4. The lowest BCUT2D eigenvalue weighted by atomic mass is 10.2. The summed E-state index contributed by atoms with van der Waals surface area (Å²) in [6.07, 6.45) is 0. The molecule has 0 aliphatic carbocycles. The Balaban J connectivity index is 0.00000133. The number of rotatable bonds is 2. The second kappa shape index (κ2) is 6.50. The molecule has 5 heteroatoms. The van der Waals surface area contributed by atoms with Crippen LogP contribution in [0, 0.1) is 0 Å². The fourth-order valence-electron chi connectivity index (χ4n) is 2.15. The van der Waals surface area contributed by atoms with Crippen LogP contribution < -0.4 is 4.90 Å². The number of likely N-dealkylation sites (N-methyl/N-ethyl adjacent to an activating group) is 1. The van der Waals surface area contributed by atoms with Crippen LogP contribution in [0.1, 0.15) is 0 Å². The number of aromatic nitrogens is 1. The lowest BCUT2D eigenvalue weighted by molar-refractivity contribution is 0.313. The third-order valence-corrected chi connectivity index (χ3v) is 4.24. The molecule has 0 saturated carbocycles. The first-order valence-corrected chi connectivity index (χ1v) is 7.15. The van der Waals surface area contributed by atoms with Crippen molar-refractivity contribution < 1.29 is 0 Å². The summed E-state index contributed by atoms with van der Waals surface area (Å²) in [7, 11) is 2.18. The van der Waals surface area contributed by atoms with Crippen LogP contribution in [-0.2, 0) is 0 Å². The molecule has 102 valence electrons. The Labute approximate surface area is 128 Å². The van der Waals surface area contributed by atoms with Gasteiger partial charge in [0.15, 0.2) is 5.13 Å². The van der Waals surface area contributed by atoms with Crippen LogP contribution in [0.15, 0.2) is 35.7 Å². The average Bonchev–Trinajstić information content (AvgIpc) is 2.90. The quantitative estimate of drug-likeness (QED) is 0.837. The Bertz CT molecular complexity index is 506. The van der Waals surface area contributed by atoms with Gasteiger partial charge < -0.3 is 9.80 Å². The van der Waals surface area contributed by atoms with E-state index in [0.29, 0.717) is 0 Å². The van der Waals surface area contributed by atoms with E-state index in [0.717, 1.165) is 37.0 Å². The first-order chi connectivity index (χ1) is 8.83. The highest BCUT2D eigenvalue weighted by Crippen LogP contribution is 2.27. The molecule has 1 aliphatic heterocycles. The molecule has 3 rings (SSSR count). The zero-order valence-corrected chi connectivity index (χ0v) is 13.5. The number of halogens is 1. The van der Waals surface area contributed by atoms with Crippen LogP contribution >= 0.6 is 28.3 Å². The average molecular weight is 340 g/mol. The maximum absolute atomic E-state index is 4.76. The summed E-state index contributed by atoms with van der Waals surface area (Å²) in [5, 5.41) is 3.31. The molecule has 1 aromatic carbocycles. The Hall–Kier alpha value is -0.910. The Morgan fingerprint density at radius 2 is 1.74 bits per heavy atom. The van der Waals surface area contributed by atoms with Gasteiger partial charge in [0.05, 0.1) is 5.69 Å². The van der Waals surface area contributed by atoms with E-state index in [2.05, 4.69) is 46.5 Å². The predicted molar refractivity (Wildman–Crippen MR) is 87.6 cm³/mol. The molecule has 1 fully saturated rings. The molecule has 0 amide bonds. The highest BCUT2D eigenvalue weighted by molar-refractivity contribution is 8.93. The molecule has 19 heavy (non-hydrogen) atoms. The number of hydrogen-bond donors (Lipinski definition) is 0. The minimum atomic E-state index is 0. The van der Waals surface area contributed by atoms with Crippen molar-refractivity contribution in [1.29, 1.82) is 0 Å². The normalized spacial score (nSPS) is 16.2. The molecule has 1 saturated heterocycles. The molecule has 2 aromatic rings. The topological polar surface area (TPSA) is 19.4 Å². The van der Waals surface area contributed by atoms with Gasteiger partial charge in [-0.2, -0.15) is 0 Å². The van der Waals surface area contributed by atoms with Crippen molar-refractivity contribution in [1.82, 2.24) is 9.88 Å². The van der Waals surface area contributed by atoms with E-state index in [4.69, 9.17) is 4.98 Å². The summed E-state index contributed by atoms with van der Waals surface area (Å²) in [6.45, 7) is 4.41. The SMILES string of the molecule is Br.CN1CCN(c2nc(-c3ccccc3)cs2)CC1. The molecule has 1 aromatic heterocycles. The maximum atomic E-state index is 4.76. The lowest BCUT2D eigenvalue weighted by Crippen LogP contribution is -2.44. The van der Waals surface area contributed by atoms with Crippen molar-refractivity contribution in [2.75, 3.05) is 38.1 Å². The highest BCUT2D eigenvalue weighted by atomic mass is 79.9. The molecule has 1 aliphatic rings. The van der Waals surface area contributed by atoms with E-state index in [9.17, 15) is 0 Å². The Morgan fingerprint density at radius 3 is 2.42 bits per heavy atom. The highest BCUT2D eigenvalue weighted by Gasteiger charge is 2.17. The third-order valence-electron chi connectivity index (χ3n) is 3.34. The smallest absolute Gasteiger partial charge is 0.185 e. The first kappa shape index (κ1) is 14.5. The molecular weight excluding hydrogens is 322 g/mol. The molecule has 2 heterocycles. The number of anilines is 1. The van der Waals surface area contributed by atoms with Crippen LogP contribution in [-0.4, -0.2) is 43.1 Å². The van der Waals surface area contributed by atoms with E-state index < -0.39 is 0 Å². The van der Waals surface area contributed by atoms with Crippen molar-refractivity contribution in [3.05, 3.63) is 35.7 Å². The third kappa shape index (κ3) is 3.35. The Kier molecular flexibility index (Phi) is 4.96. The zero-order chi connectivity index (χ0) is 12.4. The van der Waals surface area contributed by atoms with E-state index in [1.54, 1.807) is 11.3 Å². The van der Waals surface area contributed by atoms with Crippen molar-refractivity contribution in [2.45, 2.75) is 0 Å². The van der Waals surface area contributed by atoms with Crippen LogP contribution in [0.2, 0.25) is 0 Å². The van der Waals surface area contributed by atoms with Gasteiger partial charge >= 0.3 is 0 Å². The van der Waals surface area contributed by atoms with Gasteiger partial charge in [0, 0.05) is 37.1 Å². The van der Waals surface area contributed by atoms with Crippen molar-refractivity contribution in [3.63, 3.8) is 0 Å². The summed E-state index contributed by atoms with van der Waals surface area (Å²) in [5.41, 5.74) is 2.30. The maximum Gasteiger partial charge on any atom is 0.185 e.